The molecule has 0 fully saturated rings. The van der Waals surface area contributed by atoms with Gasteiger partial charge in [0.25, 0.3) is 0 Å². The van der Waals surface area contributed by atoms with Crippen molar-refractivity contribution < 1.29 is 35.8 Å². The van der Waals surface area contributed by atoms with E-state index in [2.05, 4.69) is 25.1 Å². The molecule has 1 aromatic carbocycles. The van der Waals surface area contributed by atoms with E-state index in [1.165, 1.54) is 0 Å². The van der Waals surface area contributed by atoms with E-state index < -0.39 is 25.6 Å². The molecule has 2 N–H and O–H groups in total. The maximum atomic E-state index is 12.0. The lowest BCUT2D eigenvalue weighted by Gasteiger charge is -2.13. The number of nitrogens with zero attached hydrogens (tertiary/aromatic N) is 1. The van der Waals surface area contributed by atoms with E-state index in [4.69, 9.17) is 0 Å². The van der Waals surface area contributed by atoms with Gasteiger partial charge < -0.3 is 20.1 Å². The fourth-order valence-corrected chi connectivity index (χ4v) is 2.01. The second-order valence-corrected chi connectivity index (χ2v) is 5.80. The van der Waals surface area contributed by atoms with E-state index >= 15 is 0 Å². The van der Waals surface area contributed by atoms with Crippen molar-refractivity contribution in [2.45, 2.75) is 31.9 Å². The molecule has 0 aliphatic rings. The summed E-state index contributed by atoms with van der Waals surface area (Å²) in [5.74, 6) is 0.466. The van der Waals surface area contributed by atoms with Crippen LogP contribution < -0.4 is 10.6 Å². The summed E-state index contributed by atoms with van der Waals surface area (Å²) in [6.07, 6.45) is -8.30. The Morgan fingerprint density at radius 2 is 1.45 bits per heavy atom. The fourth-order valence-electron chi connectivity index (χ4n) is 2.01. The van der Waals surface area contributed by atoms with Gasteiger partial charge in [-0.1, -0.05) is 24.3 Å². The number of alkyl halides is 6. The quantitative estimate of drug-likeness (QED) is 0.154. The van der Waals surface area contributed by atoms with Crippen LogP contribution in [0, 0.1) is 0 Å². The van der Waals surface area contributed by atoms with Crippen LogP contribution in [0.25, 0.3) is 0 Å². The average Bonchev–Trinajstić information content (AvgIpc) is 2.59. The van der Waals surface area contributed by atoms with Crippen LogP contribution in [0.2, 0.25) is 0 Å². The molecule has 168 valence electrons. The molecule has 0 amide bonds. The number of rotatable bonds is 10. The molecule has 0 saturated heterocycles. The van der Waals surface area contributed by atoms with Crippen molar-refractivity contribution in [2.24, 2.45) is 4.99 Å². The van der Waals surface area contributed by atoms with Gasteiger partial charge in [-0.15, -0.1) is 24.0 Å². The summed E-state index contributed by atoms with van der Waals surface area (Å²) in [6, 6.07) is 6.83. The Hall–Kier alpha value is -1.28. The van der Waals surface area contributed by atoms with Crippen molar-refractivity contribution >= 4 is 29.9 Å². The Bertz CT molecular complexity index is 594. The van der Waals surface area contributed by atoms with Gasteiger partial charge in [0.15, 0.2) is 5.96 Å². The molecule has 0 spiro atoms. The Morgan fingerprint density at radius 1 is 0.897 bits per heavy atom. The van der Waals surface area contributed by atoms with Crippen LogP contribution in [0.3, 0.4) is 0 Å². The third-order valence-corrected chi connectivity index (χ3v) is 3.26. The Balaban J connectivity index is 0.00000784. The van der Waals surface area contributed by atoms with Crippen LogP contribution in [-0.4, -0.2) is 51.7 Å². The summed E-state index contributed by atoms with van der Waals surface area (Å²) in [4.78, 5) is 3.99. The van der Waals surface area contributed by atoms with Crippen molar-refractivity contribution in [3.8, 4) is 0 Å². The molecule has 0 atom stereocenters. The lowest BCUT2D eigenvalue weighted by atomic mass is 10.1. The van der Waals surface area contributed by atoms with Crippen molar-refractivity contribution in [3.63, 3.8) is 0 Å². The van der Waals surface area contributed by atoms with Crippen molar-refractivity contribution in [3.05, 3.63) is 35.4 Å². The molecular formula is C17H24F6IN3O2. The predicted molar refractivity (Wildman–Crippen MR) is 107 cm³/mol. The van der Waals surface area contributed by atoms with E-state index in [-0.39, 0.29) is 37.2 Å². The first-order chi connectivity index (χ1) is 13.1. The van der Waals surface area contributed by atoms with Crippen LogP contribution in [-0.2, 0) is 22.6 Å². The van der Waals surface area contributed by atoms with Crippen LogP contribution in [0.4, 0.5) is 26.3 Å². The highest BCUT2D eigenvalue weighted by Crippen LogP contribution is 2.16. The van der Waals surface area contributed by atoms with Gasteiger partial charge in [-0.25, -0.2) is 0 Å². The lowest BCUT2D eigenvalue weighted by molar-refractivity contribution is -0.176. The number of hydrogen-bond donors (Lipinski definition) is 2. The second kappa shape index (κ2) is 13.9. The fraction of sp³-hybridized carbons (Fsp3) is 0.588. The van der Waals surface area contributed by atoms with E-state index in [1.807, 2.05) is 0 Å². The maximum absolute atomic E-state index is 12.0. The SMILES string of the molecule is CN=C(NCCCOCC(F)(F)F)NCc1ccc(COCC(F)(F)F)cc1.I. The van der Waals surface area contributed by atoms with Gasteiger partial charge in [-0.3, -0.25) is 4.99 Å². The minimum absolute atomic E-state index is 0. The minimum atomic E-state index is -4.35. The van der Waals surface area contributed by atoms with Crippen LogP contribution in [0.1, 0.15) is 17.5 Å². The van der Waals surface area contributed by atoms with Gasteiger partial charge in [0, 0.05) is 26.7 Å². The first kappa shape index (κ1) is 27.7. The molecule has 29 heavy (non-hydrogen) atoms. The molecule has 5 nitrogen and oxygen atoms in total. The topological polar surface area (TPSA) is 54.9 Å². The summed E-state index contributed by atoms with van der Waals surface area (Å²) >= 11 is 0. The number of halogens is 7. The normalized spacial score (nSPS) is 12.4. The summed E-state index contributed by atoms with van der Waals surface area (Å²) in [6.45, 7) is -1.92. The number of benzene rings is 1. The average molecular weight is 543 g/mol. The number of nitrogens with one attached hydrogen (secondary N) is 2. The second-order valence-electron chi connectivity index (χ2n) is 5.80. The maximum Gasteiger partial charge on any atom is 0.411 e. The van der Waals surface area contributed by atoms with Crippen molar-refractivity contribution in [1.29, 1.82) is 0 Å². The molecule has 0 heterocycles. The zero-order valence-corrected chi connectivity index (χ0v) is 18.0. The van der Waals surface area contributed by atoms with Gasteiger partial charge in [-0.2, -0.15) is 26.3 Å². The van der Waals surface area contributed by atoms with Gasteiger partial charge >= 0.3 is 12.4 Å². The third-order valence-electron chi connectivity index (χ3n) is 3.26. The number of aliphatic imine (C=N–C) groups is 1. The van der Waals surface area contributed by atoms with Gasteiger partial charge in [-0.05, 0) is 17.5 Å². The Kier molecular flexibility index (Phi) is 13.2. The van der Waals surface area contributed by atoms with E-state index in [0.717, 1.165) is 5.56 Å². The predicted octanol–water partition coefficient (Wildman–Crippen LogP) is 4.02. The van der Waals surface area contributed by atoms with Crippen LogP contribution in [0.5, 0.6) is 0 Å². The molecule has 0 aliphatic heterocycles. The Labute approximate surface area is 182 Å². The van der Waals surface area contributed by atoms with Gasteiger partial charge in [0.1, 0.15) is 13.2 Å². The zero-order valence-electron chi connectivity index (χ0n) is 15.7. The largest absolute Gasteiger partial charge is 0.411 e. The molecule has 0 aromatic heterocycles. The van der Waals surface area contributed by atoms with Crippen LogP contribution in [0.15, 0.2) is 29.3 Å². The molecule has 0 unspecified atom stereocenters. The first-order valence-corrected chi connectivity index (χ1v) is 8.40. The third kappa shape index (κ3) is 15.3. The lowest BCUT2D eigenvalue weighted by Crippen LogP contribution is -2.37. The zero-order chi connectivity index (χ0) is 21.0. The first-order valence-electron chi connectivity index (χ1n) is 8.40. The van der Waals surface area contributed by atoms with Crippen molar-refractivity contribution in [2.75, 3.05) is 33.4 Å². The number of hydrogen-bond acceptors (Lipinski definition) is 3. The molecule has 0 aliphatic carbocycles. The molecule has 0 bridgehead atoms. The summed E-state index contributed by atoms with van der Waals surface area (Å²) < 4.78 is 80.9. The van der Waals surface area contributed by atoms with Crippen LogP contribution >= 0.6 is 24.0 Å². The van der Waals surface area contributed by atoms with E-state index in [0.29, 0.717) is 31.0 Å². The molecule has 1 aromatic rings. The molecular weight excluding hydrogens is 519 g/mol. The molecule has 12 heteroatoms. The molecule has 0 saturated carbocycles. The van der Waals surface area contributed by atoms with Gasteiger partial charge in [0.05, 0.1) is 6.61 Å². The highest BCUT2D eigenvalue weighted by molar-refractivity contribution is 14.0. The van der Waals surface area contributed by atoms with E-state index in [1.54, 1.807) is 31.3 Å². The Morgan fingerprint density at radius 3 is 2.00 bits per heavy atom. The standard InChI is InChI=1S/C17H23F6N3O2.HI/c1-24-15(25-7-2-8-27-11-16(18,19)20)26-9-13-3-5-14(6-4-13)10-28-12-17(21,22)23;/h3-6H,2,7-12H2,1H3,(H2,24,25,26);1H. The highest BCUT2D eigenvalue weighted by Gasteiger charge is 2.27. The molecule has 1 rings (SSSR count). The summed E-state index contributed by atoms with van der Waals surface area (Å²) in [5.41, 5.74) is 1.49. The smallest absolute Gasteiger partial charge is 0.372 e. The highest BCUT2D eigenvalue weighted by atomic mass is 127. The van der Waals surface area contributed by atoms with E-state index in [9.17, 15) is 26.3 Å². The summed E-state index contributed by atoms with van der Waals surface area (Å²) in [5, 5.41) is 5.96. The molecule has 0 radical (unpaired) electrons. The van der Waals surface area contributed by atoms with Gasteiger partial charge in [0.2, 0.25) is 0 Å². The number of guanidine groups is 1. The monoisotopic (exact) mass is 543 g/mol. The van der Waals surface area contributed by atoms with Crippen molar-refractivity contribution in [1.82, 2.24) is 10.6 Å². The number of ether oxygens (including phenoxy) is 2. The summed E-state index contributed by atoms with van der Waals surface area (Å²) in [7, 11) is 1.55. The minimum Gasteiger partial charge on any atom is -0.372 e.